The number of carbonyl (C=O) groups excluding carboxylic acids is 1. The number of nitrogens with one attached hydrogen (secondary N) is 1. The van der Waals surface area contributed by atoms with Gasteiger partial charge in [0.2, 0.25) is 0 Å². The first-order valence-electron chi connectivity index (χ1n) is 6.73. The zero-order chi connectivity index (χ0) is 15.6. The van der Waals surface area contributed by atoms with Gasteiger partial charge in [-0.3, -0.25) is 4.79 Å². The van der Waals surface area contributed by atoms with E-state index in [1.165, 1.54) is 0 Å². The van der Waals surface area contributed by atoms with Crippen LogP contribution in [0.2, 0.25) is 0 Å². The first kappa shape index (κ1) is 15.9. The highest BCUT2D eigenvalue weighted by atomic mass is 19.4. The van der Waals surface area contributed by atoms with Crippen LogP contribution in [-0.2, 0) is 9.53 Å². The molecule has 0 aromatic carbocycles. The third-order valence-corrected chi connectivity index (χ3v) is 3.85. The topological polar surface area (TPSA) is 78.9 Å². The van der Waals surface area contributed by atoms with Crippen LogP contribution in [0.5, 0.6) is 0 Å². The van der Waals surface area contributed by atoms with Crippen LogP contribution in [0.4, 0.5) is 18.0 Å². The van der Waals surface area contributed by atoms with E-state index in [0.717, 1.165) is 17.7 Å². The minimum atomic E-state index is -4.63. The molecule has 120 valence electrons. The van der Waals surface area contributed by atoms with Crippen LogP contribution in [0, 0.1) is 11.8 Å². The number of amides is 2. The van der Waals surface area contributed by atoms with Crippen LogP contribution < -0.4 is 5.32 Å². The number of ether oxygens (including phenoxy) is 1. The maximum atomic E-state index is 12.8. The standard InChI is InChI=1S/C12H17F3N2O4/c13-12(14,15)9-6-17(5-8(9)10(18)19)11(20)16-4-7-2-1-3-21-7/h7-9H,1-6H2,(H,16,20)(H,18,19)/t7?,8-,9-/m1/s1. The molecule has 2 saturated heterocycles. The molecule has 2 heterocycles. The van der Waals surface area contributed by atoms with E-state index in [4.69, 9.17) is 9.84 Å². The molecular formula is C12H17F3N2O4. The number of rotatable bonds is 3. The number of alkyl halides is 3. The molecule has 0 aromatic rings. The zero-order valence-corrected chi connectivity index (χ0v) is 11.2. The number of carboxylic acid groups (broad SMARTS) is 1. The maximum absolute atomic E-state index is 12.8. The average Bonchev–Trinajstić information content (AvgIpc) is 3.04. The number of carboxylic acids is 1. The molecule has 2 amide bonds. The summed E-state index contributed by atoms with van der Waals surface area (Å²) in [6.07, 6.45) is -3.07. The van der Waals surface area contributed by atoms with E-state index in [0.29, 0.717) is 6.61 Å². The summed E-state index contributed by atoms with van der Waals surface area (Å²) >= 11 is 0. The Balaban J connectivity index is 1.91. The van der Waals surface area contributed by atoms with Crippen molar-refractivity contribution >= 4 is 12.0 Å². The largest absolute Gasteiger partial charge is 0.481 e. The van der Waals surface area contributed by atoms with Crippen LogP contribution in [0.25, 0.3) is 0 Å². The Morgan fingerprint density at radius 1 is 1.33 bits per heavy atom. The van der Waals surface area contributed by atoms with Crippen molar-refractivity contribution in [3.63, 3.8) is 0 Å². The van der Waals surface area contributed by atoms with E-state index in [2.05, 4.69) is 5.32 Å². The molecular weight excluding hydrogens is 293 g/mol. The molecule has 9 heteroatoms. The van der Waals surface area contributed by atoms with Gasteiger partial charge < -0.3 is 20.1 Å². The molecule has 0 radical (unpaired) electrons. The van der Waals surface area contributed by atoms with Crippen molar-refractivity contribution < 1.29 is 32.6 Å². The number of likely N-dealkylation sites (tertiary alicyclic amines) is 1. The predicted molar refractivity (Wildman–Crippen MR) is 64.6 cm³/mol. The number of hydrogen-bond acceptors (Lipinski definition) is 3. The first-order chi connectivity index (χ1) is 9.79. The van der Waals surface area contributed by atoms with Crippen LogP contribution in [0.3, 0.4) is 0 Å². The van der Waals surface area contributed by atoms with E-state index >= 15 is 0 Å². The van der Waals surface area contributed by atoms with E-state index in [-0.39, 0.29) is 12.6 Å². The fourth-order valence-corrected chi connectivity index (χ4v) is 2.67. The van der Waals surface area contributed by atoms with Gasteiger partial charge in [-0.15, -0.1) is 0 Å². The minimum Gasteiger partial charge on any atom is -0.481 e. The van der Waals surface area contributed by atoms with Crippen LogP contribution in [0.1, 0.15) is 12.8 Å². The second kappa shape index (κ2) is 6.08. The first-order valence-corrected chi connectivity index (χ1v) is 6.73. The van der Waals surface area contributed by atoms with Gasteiger partial charge in [-0.2, -0.15) is 13.2 Å². The Morgan fingerprint density at radius 3 is 2.52 bits per heavy atom. The van der Waals surface area contributed by atoms with Gasteiger partial charge in [0.05, 0.1) is 17.9 Å². The fraction of sp³-hybridized carbons (Fsp3) is 0.833. The summed E-state index contributed by atoms with van der Waals surface area (Å²) in [6.45, 7) is -0.222. The Kier molecular flexibility index (Phi) is 4.60. The minimum absolute atomic E-state index is 0.120. The molecule has 0 aliphatic carbocycles. The van der Waals surface area contributed by atoms with Crippen LogP contribution in [-0.4, -0.2) is 60.5 Å². The highest BCUT2D eigenvalue weighted by Crippen LogP contribution is 2.37. The molecule has 2 fully saturated rings. The maximum Gasteiger partial charge on any atom is 0.394 e. The zero-order valence-electron chi connectivity index (χ0n) is 11.2. The van der Waals surface area contributed by atoms with Crippen LogP contribution >= 0.6 is 0 Å². The van der Waals surface area contributed by atoms with Gasteiger partial charge in [0, 0.05) is 26.2 Å². The average molecular weight is 310 g/mol. The van der Waals surface area contributed by atoms with E-state index < -0.39 is 43.1 Å². The number of urea groups is 1. The van der Waals surface area contributed by atoms with Gasteiger partial charge in [-0.25, -0.2) is 4.79 Å². The molecule has 21 heavy (non-hydrogen) atoms. The lowest BCUT2D eigenvalue weighted by Crippen LogP contribution is -2.42. The summed E-state index contributed by atoms with van der Waals surface area (Å²) in [5.74, 6) is -5.17. The van der Waals surface area contributed by atoms with E-state index in [1.54, 1.807) is 0 Å². The van der Waals surface area contributed by atoms with Crippen molar-refractivity contribution in [1.29, 1.82) is 0 Å². The Bertz CT molecular complexity index is 410. The highest BCUT2D eigenvalue weighted by molar-refractivity contribution is 5.77. The molecule has 2 aliphatic heterocycles. The fourth-order valence-electron chi connectivity index (χ4n) is 2.67. The molecule has 2 aliphatic rings. The Hall–Kier alpha value is -1.51. The van der Waals surface area contributed by atoms with Gasteiger partial charge in [0.1, 0.15) is 0 Å². The second-order valence-corrected chi connectivity index (χ2v) is 5.32. The van der Waals surface area contributed by atoms with Gasteiger partial charge in [0.25, 0.3) is 0 Å². The summed E-state index contributed by atoms with van der Waals surface area (Å²) in [4.78, 5) is 23.7. The van der Waals surface area contributed by atoms with Gasteiger partial charge in [-0.1, -0.05) is 0 Å². The van der Waals surface area contributed by atoms with Gasteiger partial charge in [0.15, 0.2) is 0 Å². The molecule has 3 atom stereocenters. The normalized spacial score (nSPS) is 29.7. The third-order valence-electron chi connectivity index (χ3n) is 3.85. The predicted octanol–water partition coefficient (Wildman–Crippen LogP) is 1.07. The summed E-state index contributed by atoms with van der Waals surface area (Å²) in [5.41, 5.74) is 0. The second-order valence-electron chi connectivity index (χ2n) is 5.32. The molecule has 2 N–H and O–H groups in total. The van der Waals surface area contributed by atoms with Crippen molar-refractivity contribution in [2.75, 3.05) is 26.2 Å². The lowest BCUT2D eigenvalue weighted by Gasteiger charge is -2.19. The molecule has 0 bridgehead atoms. The quantitative estimate of drug-likeness (QED) is 0.817. The summed E-state index contributed by atoms with van der Waals surface area (Å²) in [7, 11) is 0. The van der Waals surface area contributed by atoms with E-state index in [9.17, 15) is 22.8 Å². The lowest BCUT2D eigenvalue weighted by atomic mass is 9.96. The van der Waals surface area contributed by atoms with Crippen molar-refractivity contribution in [3.05, 3.63) is 0 Å². The van der Waals surface area contributed by atoms with Crippen molar-refractivity contribution in [2.24, 2.45) is 11.8 Å². The number of hydrogen-bond donors (Lipinski definition) is 2. The Labute approximate surface area is 119 Å². The number of carbonyl (C=O) groups is 2. The summed E-state index contributed by atoms with van der Waals surface area (Å²) < 4.78 is 43.7. The molecule has 0 aromatic heterocycles. The number of nitrogens with zero attached hydrogens (tertiary/aromatic N) is 1. The summed E-state index contributed by atoms with van der Waals surface area (Å²) in [5, 5.41) is 11.4. The summed E-state index contributed by atoms with van der Waals surface area (Å²) in [6, 6.07) is -0.677. The monoisotopic (exact) mass is 310 g/mol. The molecule has 6 nitrogen and oxygen atoms in total. The third kappa shape index (κ3) is 3.78. The Morgan fingerprint density at radius 2 is 2.05 bits per heavy atom. The van der Waals surface area contributed by atoms with Crippen molar-refractivity contribution in [1.82, 2.24) is 10.2 Å². The molecule has 0 saturated carbocycles. The number of halogens is 3. The highest BCUT2D eigenvalue weighted by Gasteiger charge is 2.53. The molecule has 2 rings (SSSR count). The molecule has 0 spiro atoms. The lowest BCUT2D eigenvalue weighted by molar-refractivity contribution is -0.187. The van der Waals surface area contributed by atoms with Gasteiger partial charge >= 0.3 is 18.2 Å². The van der Waals surface area contributed by atoms with Gasteiger partial charge in [-0.05, 0) is 12.8 Å². The van der Waals surface area contributed by atoms with Crippen molar-refractivity contribution in [2.45, 2.75) is 25.1 Å². The number of aliphatic carboxylic acids is 1. The van der Waals surface area contributed by atoms with E-state index in [1.807, 2.05) is 0 Å². The molecule has 1 unspecified atom stereocenters. The van der Waals surface area contributed by atoms with Crippen molar-refractivity contribution in [3.8, 4) is 0 Å². The smallest absolute Gasteiger partial charge is 0.394 e. The van der Waals surface area contributed by atoms with Crippen LogP contribution in [0.15, 0.2) is 0 Å². The SMILES string of the molecule is O=C(O)[C@@H]1CN(C(=O)NCC2CCCO2)C[C@H]1C(F)(F)F.